The highest BCUT2D eigenvalue weighted by molar-refractivity contribution is 5.83. The van der Waals surface area contributed by atoms with Crippen molar-refractivity contribution in [2.45, 2.75) is 52.1 Å². The second-order valence-corrected chi connectivity index (χ2v) is 4.77. The van der Waals surface area contributed by atoms with Crippen molar-refractivity contribution in [2.24, 2.45) is 11.7 Å². The summed E-state index contributed by atoms with van der Waals surface area (Å²) < 4.78 is 0. The Bertz CT molecular complexity index is 331. The lowest BCUT2D eigenvalue weighted by atomic mass is 10.0. The molecule has 0 rings (SSSR count). The van der Waals surface area contributed by atoms with E-state index in [1.165, 1.54) is 0 Å². The Morgan fingerprint density at radius 3 is 2.16 bits per heavy atom. The zero-order valence-corrected chi connectivity index (χ0v) is 11.6. The molecule has 0 saturated heterocycles. The number of amides is 3. The van der Waals surface area contributed by atoms with Gasteiger partial charge in [-0.25, -0.2) is 9.59 Å². The van der Waals surface area contributed by atoms with Gasteiger partial charge in [0.25, 0.3) is 0 Å². The molecule has 0 heterocycles. The highest BCUT2D eigenvalue weighted by Gasteiger charge is 2.22. The maximum absolute atomic E-state index is 11.7. The lowest BCUT2D eigenvalue weighted by Gasteiger charge is -2.22. The minimum absolute atomic E-state index is 0.0173. The van der Waals surface area contributed by atoms with Gasteiger partial charge in [0.15, 0.2) is 0 Å². The fraction of sp³-hybridized carbons (Fsp3) is 0.750. The predicted octanol–water partition coefficient (Wildman–Crippen LogP) is 0.439. The van der Waals surface area contributed by atoms with Gasteiger partial charge < -0.3 is 21.5 Å². The summed E-state index contributed by atoms with van der Waals surface area (Å²) in [6, 6.07) is -1.68. The summed E-state index contributed by atoms with van der Waals surface area (Å²) >= 11 is 0. The molecule has 0 aliphatic rings. The fourth-order valence-corrected chi connectivity index (χ4v) is 1.65. The van der Waals surface area contributed by atoms with Crippen LogP contribution in [-0.4, -0.2) is 35.1 Å². The number of primary amides is 1. The molecule has 1 unspecified atom stereocenters. The summed E-state index contributed by atoms with van der Waals surface area (Å²) in [7, 11) is 0. The summed E-state index contributed by atoms with van der Waals surface area (Å²) in [4.78, 5) is 33.2. The van der Waals surface area contributed by atoms with Crippen molar-refractivity contribution >= 4 is 17.9 Å². The van der Waals surface area contributed by atoms with Gasteiger partial charge in [-0.1, -0.05) is 20.8 Å². The lowest BCUT2D eigenvalue weighted by Crippen LogP contribution is -2.50. The molecular formula is C12H23N3O4. The maximum atomic E-state index is 11.7. The highest BCUT2D eigenvalue weighted by Crippen LogP contribution is 2.05. The zero-order valence-electron chi connectivity index (χ0n) is 11.6. The van der Waals surface area contributed by atoms with Gasteiger partial charge in [-0.2, -0.15) is 0 Å². The number of hydrogen-bond acceptors (Lipinski definition) is 3. The number of urea groups is 1. The number of aliphatic carboxylic acids is 1. The SMILES string of the molecule is CCC(NC(=O)N[C@H](CCC(N)=O)C(=O)O)C(C)C. The van der Waals surface area contributed by atoms with Crippen molar-refractivity contribution in [1.82, 2.24) is 10.6 Å². The molecule has 0 bridgehead atoms. The van der Waals surface area contributed by atoms with E-state index in [2.05, 4.69) is 10.6 Å². The first-order valence-corrected chi connectivity index (χ1v) is 6.36. The summed E-state index contributed by atoms with van der Waals surface area (Å²) in [5, 5.41) is 14.0. The van der Waals surface area contributed by atoms with E-state index in [-0.39, 0.29) is 24.8 Å². The Hall–Kier alpha value is -1.79. The molecule has 5 N–H and O–H groups in total. The molecule has 0 radical (unpaired) electrons. The van der Waals surface area contributed by atoms with Crippen LogP contribution in [-0.2, 0) is 9.59 Å². The third kappa shape index (κ3) is 7.28. The topological polar surface area (TPSA) is 122 Å². The van der Waals surface area contributed by atoms with Gasteiger partial charge in [0.05, 0.1) is 0 Å². The van der Waals surface area contributed by atoms with E-state index in [1.807, 2.05) is 20.8 Å². The van der Waals surface area contributed by atoms with Crippen LogP contribution in [0.25, 0.3) is 0 Å². The van der Waals surface area contributed by atoms with Crippen LogP contribution >= 0.6 is 0 Å². The van der Waals surface area contributed by atoms with Gasteiger partial charge in [0, 0.05) is 12.5 Å². The molecule has 0 aliphatic carbocycles. The average molecular weight is 273 g/mol. The van der Waals surface area contributed by atoms with Crippen molar-refractivity contribution in [3.05, 3.63) is 0 Å². The second-order valence-electron chi connectivity index (χ2n) is 4.77. The molecule has 0 fully saturated rings. The van der Waals surface area contributed by atoms with Crippen LogP contribution in [0.1, 0.15) is 40.0 Å². The van der Waals surface area contributed by atoms with E-state index in [9.17, 15) is 14.4 Å². The Morgan fingerprint density at radius 2 is 1.79 bits per heavy atom. The molecule has 0 aromatic heterocycles. The molecule has 2 atom stereocenters. The molecule has 0 aliphatic heterocycles. The highest BCUT2D eigenvalue weighted by atomic mass is 16.4. The van der Waals surface area contributed by atoms with E-state index in [0.717, 1.165) is 6.42 Å². The zero-order chi connectivity index (χ0) is 15.0. The Morgan fingerprint density at radius 1 is 1.21 bits per heavy atom. The minimum Gasteiger partial charge on any atom is -0.480 e. The lowest BCUT2D eigenvalue weighted by molar-refractivity contribution is -0.139. The number of nitrogens with two attached hydrogens (primary N) is 1. The van der Waals surface area contributed by atoms with E-state index < -0.39 is 23.9 Å². The van der Waals surface area contributed by atoms with Crippen molar-refractivity contribution < 1.29 is 19.5 Å². The summed E-state index contributed by atoms with van der Waals surface area (Å²) in [6.07, 6.45) is 0.652. The quantitative estimate of drug-likeness (QED) is 0.512. The maximum Gasteiger partial charge on any atom is 0.326 e. The van der Waals surface area contributed by atoms with Gasteiger partial charge in [0.1, 0.15) is 6.04 Å². The molecule has 110 valence electrons. The fourth-order valence-electron chi connectivity index (χ4n) is 1.65. The molecular weight excluding hydrogens is 250 g/mol. The first kappa shape index (κ1) is 17.2. The third-order valence-electron chi connectivity index (χ3n) is 2.84. The second kappa shape index (κ2) is 8.34. The number of carbonyl (C=O) groups excluding carboxylic acids is 2. The number of nitrogens with one attached hydrogen (secondary N) is 2. The van der Waals surface area contributed by atoms with Crippen LogP contribution in [0.3, 0.4) is 0 Å². The average Bonchev–Trinajstić information content (AvgIpc) is 2.30. The largest absolute Gasteiger partial charge is 0.480 e. The molecule has 7 heteroatoms. The Labute approximate surface area is 112 Å². The normalized spacial score (nSPS) is 13.7. The number of carboxylic acid groups (broad SMARTS) is 1. The van der Waals surface area contributed by atoms with Crippen LogP contribution in [0.15, 0.2) is 0 Å². The molecule has 0 aromatic carbocycles. The van der Waals surface area contributed by atoms with Crippen molar-refractivity contribution in [2.75, 3.05) is 0 Å². The number of rotatable bonds is 8. The van der Waals surface area contributed by atoms with E-state index in [0.29, 0.717) is 0 Å². The van der Waals surface area contributed by atoms with Gasteiger partial charge in [-0.3, -0.25) is 4.79 Å². The Balaban J connectivity index is 4.38. The molecule has 0 spiro atoms. The molecule has 19 heavy (non-hydrogen) atoms. The minimum atomic E-state index is -1.19. The van der Waals surface area contributed by atoms with Gasteiger partial charge in [-0.05, 0) is 18.8 Å². The number of carbonyl (C=O) groups is 3. The van der Waals surface area contributed by atoms with Crippen LogP contribution in [0.4, 0.5) is 4.79 Å². The van der Waals surface area contributed by atoms with Crippen molar-refractivity contribution in [3.8, 4) is 0 Å². The van der Waals surface area contributed by atoms with Crippen LogP contribution in [0.2, 0.25) is 0 Å². The molecule has 0 aromatic rings. The Kier molecular flexibility index (Phi) is 7.55. The van der Waals surface area contributed by atoms with Crippen molar-refractivity contribution in [1.29, 1.82) is 0 Å². The smallest absolute Gasteiger partial charge is 0.326 e. The third-order valence-corrected chi connectivity index (χ3v) is 2.84. The number of hydrogen-bond donors (Lipinski definition) is 4. The van der Waals surface area contributed by atoms with Crippen molar-refractivity contribution in [3.63, 3.8) is 0 Å². The van der Waals surface area contributed by atoms with Gasteiger partial charge >= 0.3 is 12.0 Å². The summed E-state index contributed by atoms with van der Waals surface area (Å²) in [5.41, 5.74) is 4.95. The summed E-state index contributed by atoms with van der Waals surface area (Å²) in [6.45, 7) is 5.87. The predicted molar refractivity (Wildman–Crippen MR) is 70.4 cm³/mol. The van der Waals surface area contributed by atoms with E-state index in [1.54, 1.807) is 0 Å². The first-order chi connectivity index (χ1) is 8.77. The molecule has 3 amide bonds. The number of carboxylic acids is 1. The van der Waals surface area contributed by atoms with E-state index in [4.69, 9.17) is 10.8 Å². The summed E-state index contributed by atoms with van der Waals surface area (Å²) in [5.74, 6) is -1.53. The van der Waals surface area contributed by atoms with Crippen LogP contribution in [0, 0.1) is 5.92 Å². The monoisotopic (exact) mass is 273 g/mol. The van der Waals surface area contributed by atoms with Gasteiger partial charge in [-0.15, -0.1) is 0 Å². The van der Waals surface area contributed by atoms with Crippen LogP contribution < -0.4 is 16.4 Å². The first-order valence-electron chi connectivity index (χ1n) is 6.36. The van der Waals surface area contributed by atoms with E-state index >= 15 is 0 Å². The van der Waals surface area contributed by atoms with Gasteiger partial charge in [0.2, 0.25) is 5.91 Å². The molecule has 0 saturated carbocycles. The van der Waals surface area contributed by atoms with Crippen LogP contribution in [0.5, 0.6) is 0 Å². The molecule has 7 nitrogen and oxygen atoms in total. The standard InChI is InChI=1S/C12H23N3O4/c1-4-8(7(2)3)14-12(19)15-9(11(17)18)5-6-10(13)16/h7-9H,4-6H2,1-3H3,(H2,13,16)(H,17,18)(H2,14,15,19)/t8?,9-/m1/s1.